The first kappa shape index (κ1) is 18.8. The minimum absolute atomic E-state index is 0.307. The fourth-order valence-corrected chi connectivity index (χ4v) is 2.46. The van der Waals surface area contributed by atoms with E-state index in [-0.39, 0.29) is 0 Å². The molecule has 0 saturated carbocycles. The topological polar surface area (TPSA) is 54.0 Å². The summed E-state index contributed by atoms with van der Waals surface area (Å²) in [6.07, 6.45) is 0.120. The van der Waals surface area contributed by atoms with E-state index >= 15 is 0 Å². The van der Waals surface area contributed by atoms with Crippen LogP contribution in [0.5, 0.6) is 11.5 Å². The zero-order valence-electron chi connectivity index (χ0n) is 13.4. The van der Waals surface area contributed by atoms with Crippen LogP contribution in [0, 0.1) is 3.57 Å². The molecule has 1 aromatic carbocycles. The maximum absolute atomic E-state index is 11.9. The third-order valence-corrected chi connectivity index (χ3v) is 3.26. The summed E-state index contributed by atoms with van der Waals surface area (Å²) in [5.74, 6) is 0.741. The molecular weight excluding hydrogens is 399 g/mol. The van der Waals surface area contributed by atoms with Crippen molar-refractivity contribution in [3.05, 3.63) is 27.8 Å². The summed E-state index contributed by atoms with van der Waals surface area (Å²) in [6.45, 7) is 11.0. The van der Waals surface area contributed by atoms with Gasteiger partial charge in [-0.1, -0.05) is 12.7 Å². The van der Waals surface area contributed by atoms with Crippen molar-refractivity contribution >= 4 is 34.8 Å². The third-order valence-electron chi connectivity index (χ3n) is 2.45. The Kier molecular flexibility index (Phi) is 6.67. The van der Waals surface area contributed by atoms with Crippen molar-refractivity contribution < 1.29 is 23.7 Å². The Hall–Kier alpha value is -1.28. The van der Waals surface area contributed by atoms with Gasteiger partial charge in [-0.2, -0.15) is 0 Å². The molecule has 6 heteroatoms. The number of hydrogen-bond donors (Lipinski definition) is 0. The molecule has 0 fully saturated rings. The van der Waals surface area contributed by atoms with Crippen molar-refractivity contribution in [2.75, 3.05) is 7.11 Å². The van der Waals surface area contributed by atoms with Crippen LogP contribution in [0.15, 0.2) is 18.7 Å². The van der Waals surface area contributed by atoms with Gasteiger partial charge in [0.1, 0.15) is 0 Å². The first-order chi connectivity index (χ1) is 10.2. The van der Waals surface area contributed by atoms with E-state index in [1.54, 1.807) is 19.1 Å². The highest BCUT2D eigenvalue weighted by Crippen LogP contribution is 2.34. The highest BCUT2D eigenvalue weighted by atomic mass is 127. The summed E-state index contributed by atoms with van der Waals surface area (Å²) in [6, 6.07) is 3.56. The van der Waals surface area contributed by atoms with E-state index in [2.05, 4.69) is 29.2 Å². The second kappa shape index (κ2) is 7.82. The van der Waals surface area contributed by atoms with Crippen LogP contribution in [-0.4, -0.2) is 25.2 Å². The normalized spacial score (nSPS) is 12.5. The maximum atomic E-state index is 11.9. The van der Waals surface area contributed by atoms with Crippen LogP contribution in [0.25, 0.3) is 6.08 Å². The van der Waals surface area contributed by atoms with E-state index in [4.69, 9.17) is 18.9 Å². The molecule has 1 atom stereocenters. The van der Waals surface area contributed by atoms with Gasteiger partial charge in [-0.05, 0) is 68.0 Å². The zero-order valence-corrected chi connectivity index (χ0v) is 15.6. The van der Waals surface area contributed by atoms with Gasteiger partial charge in [-0.3, -0.25) is 0 Å². The van der Waals surface area contributed by atoms with E-state index in [0.717, 1.165) is 5.56 Å². The van der Waals surface area contributed by atoms with Crippen molar-refractivity contribution in [2.24, 2.45) is 0 Å². The van der Waals surface area contributed by atoms with E-state index in [1.807, 2.05) is 26.8 Å². The average molecular weight is 420 g/mol. The van der Waals surface area contributed by atoms with Crippen molar-refractivity contribution in [1.82, 2.24) is 0 Å². The number of halogens is 1. The van der Waals surface area contributed by atoms with E-state index in [1.165, 1.54) is 7.11 Å². The Labute approximate surface area is 144 Å². The van der Waals surface area contributed by atoms with Crippen molar-refractivity contribution in [3.8, 4) is 11.5 Å². The van der Waals surface area contributed by atoms with E-state index in [0.29, 0.717) is 15.1 Å². The highest BCUT2D eigenvalue weighted by Gasteiger charge is 2.21. The van der Waals surface area contributed by atoms with Crippen molar-refractivity contribution in [1.29, 1.82) is 0 Å². The Morgan fingerprint density at radius 2 is 2.00 bits per heavy atom. The van der Waals surface area contributed by atoms with E-state index < -0.39 is 18.0 Å². The minimum atomic E-state index is -0.848. The van der Waals surface area contributed by atoms with Crippen LogP contribution in [0.2, 0.25) is 0 Å². The zero-order chi connectivity index (χ0) is 16.9. The summed E-state index contributed by atoms with van der Waals surface area (Å²) >= 11 is 2.06. The van der Waals surface area contributed by atoms with Gasteiger partial charge in [-0.15, -0.1) is 0 Å². The summed E-state index contributed by atoms with van der Waals surface area (Å²) in [5.41, 5.74) is 0.448. The molecule has 1 unspecified atom stereocenters. The first-order valence-electron chi connectivity index (χ1n) is 6.72. The number of hydrogen-bond acceptors (Lipinski definition) is 5. The Morgan fingerprint density at radius 3 is 2.50 bits per heavy atom. The lowest BCUT2D eigenvalue weighted by atomic mass is 10.2. The minimum Gasteiger partial charge on any atom is -0.493 e. The second-order valence-corrected chi connectivity index (χ2v) is 6.67. The van der Waals surface area contributed by atoms with Crippen molar-refractivity contribution in [2.45, 2.75) is 39.6 Å². The number of carbonyl (C=O) groups excluding carboxylic acids is 1. The molecule has 1 rings (SSSR count). The van der Waals surface area contributed by atoms with Gasteiger partial charge in [0.2, 0.25) is 6.29 Å². The number of methoxy groups -OCH3 is 1. The molecule has 0 radical (unpaired) electrons. The third kappa shape index (κ3) is 5.84. The van der Waals surface area contributed by atoms with Gasteiger partial charge in [0, 0.05) is 0 Å². The van der Waals surface area contributed by atoms with Gasteiger partial charge < -0.3 is 18.9 Å². The summed E-state index contributed by atoms with van der Waals surface area (Å²) < 4.78 is 21.8. The fourth-order valence-electron chi connectivity index (χ4n) is 1.72. The number of ether oxygens (including phenoxy) is 4. The molecule has 0 amide bonds. The van der Waals surface area contributed by atoms with E-state index in [9.17, 15) is 4.79 Å². The molecule has 22 heavy (non-hydrogen) atoms. The predicted octanol–water partition coefficient (Wildman–Crippen LogP) is 4.62. The maximum Gasteiger partial charge on any atom is 0.516 e. The monoisotopic (exact) mass is 420 g/mol. The Bertz CT molecular complexity index is 548. The molecule has 5 nitrogen and oxygen atoms in total. The molecular formula is C16H21IO5. The molecule has 0 saturated heterocycles. The van der Waals surface area contributed by atoms with Gasteiger partial charge in [0.05, 0.1) is 16.3 Å². The van der Waals surface area contributed by atoms with Crippen LogP contribution in [0.4, 0.5) is 4.79 Å². The lowest BCUT2D eigenvalue weighted by molar-refractivity contribution is -0.161. The SMILES string of the molecule is C=Cc1cc(I)c(OC(=O)OC(C)OC(C)(C)C)c(OC)c1. The fraction of sp³-hybridized carbons (Fsp3) is 0.438. The molecule has 1 aromatic rings. The highest BCUT2D eigenvalue weighted by molar-refractivity contribution is 14.1. The van der Waals surface area contributed by atoms with Gasteiger partial charge in [0.15, 0.2) is 11.5 Å². The van der Waals surface area contributed by atoms with Gasteiger partial charge in [-0.25, -0.2) is 4.79 Å². The smallest absolute Gasteiger partial charge is 0.493 e. The lowest BCUT2D eigenvalue weighted by Crippen LogP contribution is -2.30. The standard InChI is InChI=1S/C16H21IO5/c1-7-11-8-12(17)14(13(9-11)19-6)21-15(18)20-10(2)22-16(3,4)5/h7-10H,1H2,2-6H3. The predicted molar refractivity (Wildman–Crippen MR) is 93.2 cm³/mol. The summed E-state index contributed by atoms with van der Waals surface area (Å²) in [5, 5.41) is 0. The molecule has 0 N–H and O–H groups in total. The van der Waals surface area contributed by atoms with Gasteiger partial charge >= 0.3 is 6.16 Å². The largest absolute Gasteiger partial charge is 0.516 e. The average Bonchev–Trinajstić information content (AvgIpc) is 2.38. The molecule has 0 aliphatic carbocycles. The molecule has 0 aliphatic rings. The molecule has 0 bridgehead atoms. The number of rotatable bonds is 5. The van der Waals surface area contributed by atoms with Crippen molar-refractivity contribution in [3.63, 3.8) is 0 Å². The first-order valence-corrected chi connectivity index (χ1v) is 7.80. The lowest BCUT2D eigenvalue weighted by Gasteiger charge is -2.24. The molecule has 0 spiro atoms. The summed E-state index contributed by atoms with van der Waals surface area (Å²) in [4.78, 5) is 11.9. The van der Waals surface area contributed by atoms with Gasteiger partial charge in [0.25, 0.3) is 0 Å². The molecule has 0 aliphatic heterocycles. The van der Waals surface area contributed by atoms with Crippen LogP contribution < -0.4 is 9.47 Å². The number of carbonyl (C=O) groups is 1. The quantitative estimate of drug-likeness (QED) is 0.301. The van der Waals surface area contributed by atoms with Crippen LogP contribution in [0.3, 0.4) is 0 Å². The second-order valence-electron chi connectivity index (χ2n) is 5.51. The van der Waals surface area contributed by atoms with Crippen LogP contribution in [0.1, 0.15) is 33.3 Å². The molecule has 0 aromatic heterocycles. The number of benzene rings is 1. The Balaban J connectivity index is 2.82. The summed E-state index contributed by atoms with van der Waals surface area (Å²) in [7, 11) is 1.50. The van der Waals surface area contributed by atoms with Crippen LogP contribution >= 0.6 is 22.6 Å². The molecule has 0 heterocycles. The molecule has 122 valence electrons. The Morgan fingerprint density at radius 1 is 1.36 bits per heavy atom. The van der Waals surface area contributed by atoms with Crippen LogP contribution in [-0.2, 0) is 9.47 Å².